The molecule has 0 aliphatic heterocycles. The number of carbonyl (C=O) groups excluding carboxylic acids is 4. The second-order valence-electron chi connectivity index (χ2n) is 5.86. The topological polar surface area (TPSA) is 141 Å². The molecule has 0 aliphatic rings. The zero-order valence-corrected chi connectivity index (χ0v) is 18.3. The van der Waals surface area contributed by atoms with E-state index in [2.05, 4.69) is 18.9 Å². The molecule has 0 bridgehead atoms. The highest BCUT2D eigenvalue weighted by atomic mass is 31.1. The molecule has 11 nitrogen and oxygen atoms in total. The molecule has 0 radical (unpaired) electrons. The maximum atomic E-state index is 12.4. The minimum atomic E-state index is -2.94. The molecule has 0 N–H and O–H groups in total. The molecule has 0 aliphatic carbocycles. The van der Waals surface area contributed by atoms with E-state index >= 15 is 0 Å². The number of methoxy groups -OCH3 is 4. The molecule has 0 heterocycles. The number of hydrogen-bond acceptors (Lipinski definition) is 11. The van der Waals surface area contributed by atoms with Crippen molar-refractivity contribution < 1.29 is 51.7 Å². The van der Waals surface area contributed by atoms with Gasteiger partial charge in [0.2, 0.25) is 0 Å². The van der Waals surface area contributed by atoms with Crippen molar-refractivity contribution in [3.8, 4) is 11.5 Å². The normalized spacial score (nSPS) is 9.88. The largest absolute Gasteiger partial charge is 0.805 e. The smallest absolute Gasteiger partial charge is 0.465 e. The maximum absolute atomic E-state index is 12.4. The summed E-state index contributed by atoms with van der Waals surface area (Å²) in [6.45, 7) is 0. The average molecular weight is 465 g/mol. The van der Waals surface area contributed by atoms with E-state index in [0.29, 0.717) is 0 Å². The first-order valence-corrected chi connectivity index (χ1v) is 9.78. The first-order chi connectivity index (χ1) is 15.2. The number of rotatable bonds is 8. The number of esters is 4. The van der Waals surface area contributed by atoms with Crippen LogP contribution >= 0.6 is 8.25 Å². The van der Waals surface area contributed by atoms with Crippen molar-refractivity contribution in [1.29, 1.82) is 0 Å². The highest BCUT2D eigenvalue weighted by molar-refractivity contribution is 7.34. The van der Waals surface area contributed by atoms with Crippen molar-refractivity contribution in [2.75, 3.05) is 28.4 Å². The van der Waals surface area contributed by atoms with E-state index in [4.69, 9.17) is 9.05 Å². The van der Waals surface area contributed by atoms with Gasteiger partial charge in [0.05, 0.1) is 50.7 Å². The predicted octanol–water partition coefficient (Wildman–Crippen LogP) is 2.95. The van der Waals surface area contributed by atoms with E-state index in [9.17, 15) is 23.7 Å². The fourth-order valence-corrected chi connectivity index (χ4v) is 3.03. The molecule has 0 fully saturated rings. The zero-order valence-electron chi connectivity index (χ0n) is 17.4. The van der Waals surface area contributed by atoms with Crippen LogP contribution in [0.4, 0.5) is 0 Å². The van der Waals surface area contributed by atoms with Crippen LogP contribution in [-0.4, -0.2) is 52.3 Å². The molecular formula is C20H18O11P+. The van der Waals surface area contributed by atoms with Crippen molar-refractivity contribution in [3.05, 3.63) is 58.7 Å². The van der Waals surface area contributed by atoms with E-state index in [0.717, 1.165) is 28.4 Å². The zero-order chi connectivity index (χ0) is 23.8. The maximum Gasteiger partial charge on any atom is 0.805 e. The average Bonchev–Trinajstić information content (AvgIpc) is 2.81. The summed E-state index contributed by atoms with van der Waals surface area (Å²) >= 11 is 0. The van der Waals surface area contributed by atoms with E-state index in [1.165, 1.54) is 36.4 Å². The molecule has 0 unspecified atom stereocenters. The number of carbonyl (C=O) groups is 4. The van der Waals surface area contributed by atoms with Crippen LogP contribution in [0.3, 0.4) is 0 Å². The van der Waals surface area contributed by atoms with Crippen LogP contribution < -0.4 is 9.05 Å². The van der Waals surface area contributed by atoms with E-state index in [-0.39, 0.29) is 33.8 Å². The lowest BCUT2D eigenvalue weighted by atomic mass is 10.1. The van der Waals surface area contributed by atoms with Gasteiger partial charge in [-0.25, -0.2) is 28.2 Å². The van der Waals surface area contributed by atoms with Gasteiger partial charge < -0.3 is 18.9 Å². The summed E-state index contributed by atoms with van der Waals surface area (Å²) in [6.07, 6.45) is 0. The van der Waals surface area contributed by atoms with Gasteiger partial charge in [0.1, 0.15) is 0 Å². The molecule has 168 valence electrons. The SMILES string of the molecule is COC(=O)c1cc(O[P+](=O)Oc2cc(C(=O)OC)cc(C(=O)OC)c2)cc(C(=O)OC)c1. The molecule has 0 aromatic heterocycles. The standard InChI is InChI=1S/C20H18O11P/c1-26-17(21)11-5-12(18(22)27-2)8-15(7-11)30-32(25)31-16-9-13(19(23)28-3)6-14(10-16)20(24)29-4/h5-10H,1-4H3/q+1. The summed E-state index contributed by atoms with van der Waals surface area (Å²) in [7, 11) is 1.64. The number of hydrogen-bond donors (Lipinski definition) is 0. The van der Waals surface area contributed by atoms with Gasteiger partial charge in [0, 0.05) is 28.8 Å². The van der Waals surface area contributed by atoms with Crippen LogP contribution in [0.1, 0.15) is 41.4 Å². The third kappa shape index (κ3) is 6.02. The molecular weight excluding hydrogens is 447 g/mol. The fourth-order valence-electron chi connectivity index (χ4n) is 2.44. The Kier molecular flexibility index (Phi) is 8.25. The number of ether oxygens (including phenoxy) is 4. The van der Waals surface area contributed by atoms with Gasteiger partial charge in [-0.3, -0.25) is 0 Å². The first kappa shape index (κ1) is 24.3. The Hall–Kier alpha value is -3.98. The lowest BCUT2D eigenvalue weighted by molar-refractivity contribution is 0.0581. The molecule has 2 aromatic carbocycles. The van der Waals surface area contributed by atoms with Gasteiger partial charge in [0.25, 0.3) is 0 Å². The number of benzene rings is 2. The molecule has 32 heavy (non-hydrogen) atoms. The molecule has 0 amide bonds. The highest BCUT2D eigenvalue weighted by Crippen LogP contribution is 2.33. The Balaban J connectivity index is 2.34. The summed E-state index contributed by atoms with van der Waals surface area (Å²) in [5, 5.41) is 0. The van der Waals surface area contributed by atoms with Gasteiger partial charge in [-0.05, 0) is 12.1 Å². The fraction of sp³-hybridized carbons (Fsp3) is 0.200. The van der Waals surface area contributed by atoms with Crippen LogP contribution in [0, 0.1) is 0 Å². The Morgan fingerprint density at radius 3 is 1.00 bits per heavy atom. The Bertz CT molecular complexity index is 925. The summed E-state index contributed by atoms with van der Waals surface area (Å²) in [5.74, 6) is -3.41. The molecule has 2 rings (SSSR count). The lowest BCUT2D eigenvalue weighted by Crippen LogP contribution is -2.07. The van der Waals surface area contributed by atoms with Gasteiger partial charge in [-0.15, -0.1) is 0 Å². The van der Waals surface area contributed by atoms with Crippen molar-refractivity contribution in [2.45, 2.75) is 0 Å². The van der Waals surface area contributed by atoms with Gasteiger partial charge in [0.15, 0.2) is 11.5 Å². The summed E-state index contributed by atoms with van der Waals surface area (Å²) < 4.78 is 41.2. The molecule has 0 atom stereocenters. The van der Waals surface area contributed by atoms with E-state index in [1.54, 1.807) is 0 Å². The van der Waals surface area contributed by atoms with Crippen LogP contribution in [0.15, 0.2) is 36.4 Å². The molecule has 0 saturated heterocycles. The molecule has 0 spiro atoms. The highest BCUT2D eigenvalue weighted by Gasteiger charge is 2.28. The Morgan fingerprint density at radius 1 is 0.531 bits per heavy atom. The summed E-state index contributed by atoms with van der Waals surface area (Å²) in [6, 6.07) is 7.14. The summed E-state index contributed by atoms with van der Waals surface area (Å²) in [5.41, 5.74) is -0.243. The van der Waals surface area contributed by atoms with Crippen LogP contribution in [0.5, 0.6) is 11.5 Å². The molecule has 12 heteroatoms. The third-order valence-corrected chi connectivity index (χ3v) is 4.58. The van der Waals surface area contributed by atoms with E-state index in [1.807, 2.05) is 0 Å². The van der Waals surface area contributed by atoms with Gasteiger partial charge in [-0.2, -0.15) is 0 Å². The van der Waals surface area contributed by atoms with Crippen molar-refractivity contribution in [3.63, 3.8) is 0 Å². The minimum Gasteiger partial charge on any atom is -0.465 e. The lowest BCUT2D eigenvalue weighted by Gasteiger charge is -2.05. The Morgan fingerprint density at radius 2 is 0.781 bits per heavy atom. The van der Waals surface area contributed by atoms with Crippen LogP contribution in [0.2, 0.25) is 0 Å². The van der Waals surface area contributed by atoms with Gasteiger partial charge in [-0.1, -0.05) is 0 Å². The predicted molar refractivity (Wildman–Crippen MR) is 107 cm³/mol. The molecule has 0 saturated carbocycles. The third-order valence-electron chi connectivity index (χ3n) is 3.86. The minimum absolute atomic E-state index is 0.0607. The van der Waals surface area contributed by atoms with E-state index < -0.39 is 32.1 Å². The van der Waals surface area contributed by atoms with Crippen molar-refractivity contribution in [1.82, 2.24) is 0 Å². The second kappa shape index (κ2) is 10.9. The summed E-state index contributed by atoms with van der Waals surface area (Å²) in [4.78, 5) is 47.4. The molecule has 2 aromatic rings. The second-order valence-corrected chi connectivity index (χ2v) is 6.68. The van der Waals surface area contributed by atoms with Crippen LogP contribution in [-0.2, 0) is 23.5 Å². The van der Waals surface area contributed by atoms with Crippen molar-refractivity contribution in [2.24, 2.45) is 0 Å². The van der Waals surface area contributed by atoms with Gasteiger partial charge >= 0.3 is 32.1 Å². The Labute approximate surface area is 183 Å². The van der Waals surface area contributed by atoms with Crippen LogP contribution in [0.25, 0.3) is 0 Å². The van der Waals surface area contributed by atoms with Crippen molar-refractivity contribution >= 4 is 32.1 Å². The first-order valence-electron chi connectivity index (χ1n) is 8.69. The monoisotopic (exact) mass is 465 g/mol. The quantitative estimate of drug-likeness (QED) is 0.323.